The van der Waals surface area contributed by atoms with E-state index in [9.17, 15) is 8.42 Å². The van der Waals surface area contributed by atoms with E-state index in [1.807, 2.05) is 0 Å². The number of anilines is 1. The predicted molar refractivity (Wildman–Crippen MR) is 76.0 cm³/mol. The van der Waals surface area contributed by atoms with Gasteiger partial charge in [-0.25, -0.2) is 8.42 Å². The number of ether oxygens (including phenoxy) is 1. The van der Waals surface area contributed by atoms with Gasteiger partial charge in [0.25, 0.3) is 0 Å². The molecule has 0 atom stereocenters. The van der Waals surface area contributed by atoms with Gasteiger partial charge in [-0.05, 0) is 43.7 Å². The Kier molecular flexibility index (Phi) is 4.04. The highest BCUT2D eigenvalue weighted by Crippen LogP contribution is 2.33. The zero-order valence-corrected chi connectivity index (χ0v) is 12.2. The van der Waals surface area contributed by atoms with Crippen molar-refractivity contribution in [1.82, 2.24) is 0 Å². The van der Waals surface area contributed by atoms with Gasteiger partial charge >= 0.3 is 0 Å². The van der Waals surface area contributed by atoms with E-state index in [-0.39, 0.29) is 16.7 Å². The summed E-state index contributed by atoms with van der Waals surface area (Å²) in [6, 6.07) is 4.93. The molecule has 0 amide bonds. The fourth-order valence-corrected chi connectivity index (χ4v) is 3.30. The Morgan fingerprint density at radius 2 is 1.84 bits per heavy atom. The molecule has 0 heterocycles. The molecule has 0 unspecified atom stereocenters. The SMILES string of the molecule is CC1CCC(Oc2cccc(S(C)(=O)=O)c2N)CC1. The van der Waals surface area contributed by atoms with Crippen molar-refractivity contribution in [2.24, 2.45) is 5.92 Å². The van der Waals surface area contributed by atoms with Crippen LogP contribution in [0.3, 0.4) is 0 Å². The molecular formula is C14H21NO3S. The van der Waals surface area contributed by atoms with Crippen LogP contribution in [0.4, 0.5) is 5.69 Å². The number of para-hydroxylation sites is 1. The maximum Gasteiger partial charge on any atom is 0.177 e. The molecule has 0 spiro atoms. The maximum atomic E-state index is 11.6. The van der Waals surface area contributed by atoms with Crippen LogP contribution in [-0.2, 0) is 9.84 Å². The Bertz CT molecular complexity index is 546. The number of benzene rings is 1. The van der Waals surface area contributed by atoms with E-state index < -0.39 is 9.84 Å². The van der Waals surface area contributed by atoms with Crippen molar-refractivity contribution in [3.05, 3.63) is 18.2 Å². The quantitative estimate of drug-likeness (QED) is 0.866. The first kappa shape index (κ1) is 14.2. The molecule has 1 aromatic carbocycles. The lowest BCUT2D eigenvalue weighted by Crippen LogP contribution is -2.23. The van der Waals surface area contributed by atoms with Gasteiger partial charge in [0.2, 0.25) is 0 Å². The molecule has 19 heavy (non-hydrogen) atoms. The number of sulfone groups is 1. The number of nitrogen functional groups attached to an aromatic ring is 1. The average molecular weight is 283 g/mol. The maximum absolute atomic E-state index is 11.6. The number of hydrogen-bond acceptors (Lipinski definition) is 4. The van der Waals surface area contributed by atoms with Gasteiger partial charge in [-0.2, -0.15) is 0 Å². The van der Waals surface area contributed by atoms with Crippen LogP contribution in [-0.4, -0.2) is 20.8 Å². The van der Waals surface area contributed by atoms with Crippen molar-refractivity contribution < 1.29 is 13.2 Å². The van der Waals surface area contributed by atoms with Crippen LogP contribution in [0.5, 0.6) is 5.75 Å². The molecule has 0 radical (unpaired) electrons. The van der Waals surface area contributed by atoms with Crippen LogP contribution in [0.25, 0.3) is 0 Å². The summed E-state index contributed by atoms with van der Waals surface area (Å²) in [6.45, 7) is 2.24. The van der Waals surface area contributed by atoms with Crippen molar-refractivity contribution in [3.63, 3.8) is 0 Å². The minimum absolute atomic E-state index is 0.147. The van der Waals surface area contributed by atoms with E-state index in [0.717, 1.165) is 37.9 Å². The Balaban J connectivity index is 2.17. The van der Waals surface area contributed by atoms with E-state index in [1.165, 1.54) is 6.07 Å². The third-order valence-electron chi connectivity index (χ3n) is 3.68. The lowest BCUT2D eigenvalue weighted by atomic mass is 9.89. The summed E-state index contributed by atoms with van der Waals surface area (Å²) in [5.74, 6) is 1.24. The molecule has 1 fully saturated rings. The monoisotopic (exact) mass is 283 g/mol. The summed E-state index contributed by atoms with van der Waals surface area (Å²) in [6.07, 6.45) is 5.61. The summed E-state index contributed by atoms with van der Waals surface area (Å²) in [5.41, 5.74) is 6.14. The smallest absolute Gasteiger partial charge is 0.177 e. The molecular weight excluding hydrogens is 262 g/mol. The third kappa shape index (κ3) is 3.41. The normalized spacial score (nSPS) is 24.1. The highest BCUT2D eigenvalue weighted by atomic mass is 32.2. The number of rotatable bonds is 3. The molecule has 4 nitrogen and oxygen atoms in total. The van der Waals surface area contributed by atoms with Crippen LogP contribution in [0.15, 0.2) is 23.1 Å². The summed E-state index contributed by atoms with van der Waals surface area (Å²) in [5, 5.41) is 0. The summed E-state index contributed by atoms with van der Waals surface area (Å²) < 4.78 is 29.1. The zero-order chi connectivity index (χ0) is 14.0. The summed E-state index contributed by atoms with van der Waals surface area (Å²) in [4.78, 5) is 0.147. The Morgan fingerprint density at radius 1 is 1.21 bits per heavy atom. The lowest BCUT2D eigenvalue weighted by molar-refractivity contribution is 0.136. The Hall–Kier alpha value is -1.23. The Labute approximate surface area is 114 Å². The van der Waals surface area contributed by atoms with Gasteiger partial charge in [-0.1, -0.05) is 13.0 Å². The summed E-state index contributed by atoms with van der Waals surface area (Å²) >= 11 is 0. The third-order valence-corrected chi connectivity index (χ3v) is 4.84. The highest BCUT2D eigenvalue weighted by molar-refractivity contribution is 7.90. The molecule has 5 heteroatoms. The van der Waals surface area contributed by atoms with Crippen molar-refractivity contribution >= 4 is 15.5 Å². The number of hydrogen-bond donors (Lipinski definition) is 1. The van der Waals surface area contributed by atoms with Gasteiger partial charge in [0.1, 0.15) is 5.75 Å². The van der Waals surface area contributed by atoms with Crippen LogP contribution >= 0.6 is 0 Å². The number of nitrogens with two attached hydrogens (primary N) is 1. The van der Waals surface area contributed by atoms with Crippen LogP contribution in [0, 0.1) is 5.92 Å². The van der Waals surface area contributed by atoms with E-state index in [0.29, 0.717) is 5.75 Å². The van der Waals surface area contributed by atoms with Crippen LogP contribution in [0.2, 0.25) is 0 Å². The molecule has 106 valence electrons. The van der Waals surface area contributed by atoms with Gasteiger partial charge in [0.15, 0.2) is 9.84 Å². The van der Waals surface area contributed by atoms with Gasteiger partial charge in [-0.15, -0.1) is 0 Å². The minimum Gasteiger partial charge on any atom is -0.488 e. The minimum atomic E-state index is -3.31. The second-order valence-electron chi connectivity index (χ2n) is 5.44. The fraction of sp³-hybridized carbons (Fsp3) is 0.571. The molecule has 1 aliphatic rings. The van der Waals surface area contributed by atoms with Crippen molar-refractivity contribution in [3.8, 4) is 5.75 Å². The van der Waals surface area contributed by atoms with Crippen molar-refractivity contribution in [2.75, 3.05) is 12.0 Å². The molecule has 2 rings (SSSR count). The van der Waals surface area contributed by atoms with Crippen molar-refractivity contribution in [1.29, 1.82) is 0 Å². The van der Waals surface area contributed by atoms with Crippen molar-refractivity contribution in [2.45, 2.75) is 43.6 Å². The highest BCUT2D eigenvalue weighted by Gasteiger charge is 2.22. The molecule has 0 aliphatic heterocycles. The molecule has 1 saturated carbocycles. The zero-order valence-electron chi connectivity index (χ0n) is 11.4. The van der Waals surface area contributed by atoms with Gasteiger partial charge in [0, 0.05) is 6.26 Å². The molecule has 1 aromatic rings. The van der Waals surface area contributed by atoms with E-state index in [2.05, 4.69) is 6.92 Å². The van der Waals surface area contributed by atoms with E-state index in [1.54, 1.807) is 12.1 Å². The second kappa shape index (κ2) is 5.41. The molecule has 2 N–H and O–H groups in total. The van der Waals surface area contributed by atoms with Crippen LogP contribution < -0.4 is 10.5 Å². The fourth-order valence-electron chi connectivity index (χ4n) is 2.48. The van der Waals surface area contributed by atoms with E-state index >= 15 is 0 Å². The molecule has 1 aliphatic carbocycles. The van der Waals surface area contributed by atoms with Gasteiger partial charge < -0.3 is 10.5 Å². The van der Waals surface area contributed by atoms with Crippen LogP contribution in [0.1, 0.15) is 32.6 Å². The molecule has 0 aromatic heterocycles. The van der Waals surface area contributed by atoms with Gasteiger partial charge in [0.05, 0.1) is 16.7 Å². The standard InChI is InChI=1S/C14H21NO3S/c1-10-6-8-11(9-7-10)18-12-4-3-5-13(14(12)15)19(2,16)17/h3-5,10-11H,6-9,15H2,1-2H3. The first-order valence-corrected chi connectivity index (χ1v) is 8.52. The summed E-state index contributed by atoms with van der Waals surface area (Å²) in [7, 11) is -3.31. The molecule has 0 bridgehead atoms. The topological polar surface area (TPSA) is 69.4 Å². The predicted octanol–water partition coefficient (Wildman–Crippen LogP) is 2.63. The first-order valence-electron chi connectivity index (χ1n) is 6.63. The lowest BCUT2D eigenvalue weighted by Gasteiger charge is -2.27. The largest absolute Gasteiger partial charge is 0.488 e. The Morgan fingerprint density at radius 3 is 2.42 bits per heavy atom. The van der Waals surface area contributed by atoms with Gasteiger partial charge in [-0.3, -0.25) is 0 Å². The van der Waals surface area contributed by atoms with E-state index in [4.69, 9.17) is 10.5 Å². The first-order chi connectivity index (χ1) is 8.88. The molecule has 0 saturated heterocycles. The second-order valence-corrected chi connectivity index (χ2v) is 7.42. The average Bonchev–Trinajstić information content (AvgIpc) is 2.33.